The Hall–Kier alpha value is -2.66. The summed E-state index contributed by atoms with van der Waals surface area (Å²) in [7, 11) is 0. The fourth-order valence-electron chi connectivity index (χ4n) is 1.84. The lowest BCUT2D eigenvalue weighted by Crippen LogP contribution is -1.96. The maximum absolute atomic E-state index is 10.7. The molecule has 22 heavy (non-hydrogen) atoms. The topological polar surface area (TPSA) is 65.2 Å². The largest absolute Gasteiger partial charge is 0.484 e. The summed E-state index contributed by atoms with van der Waals surface area (Å²) in [4.78, 5) is 10.7. The number of aromatic nitrogens is 2. The molecule has 0 radical (unpaired) electrons. The summed E-state index contributed by atoms with van der Waals surface area (Å²) in [6.45, 7) is 0.128. The van der Waals surface area contributed by atoms with Gasteiger partial charge in [0.1, 0.15) is 12.0 Å². The Morgan fingerprint density at radius 2 is 1.95 bits per heavy atom. The van der Waals surface area contributed by atoms with Gasteiger partial charge in [0.2, 0.25) is 5.89 Å². The third-order valence-corrected chi connectivity index (χ3v) is 3.17. The van der Waals surface area contributed by atoms with E-state index in [1.54, 1.807) is 48.5 Å². The van der Waals surface area contributed by atoms with Gasteiger partial charge in [-0.25, -0.2) is 0 Å². The van der Waals surface area contributed by atoms with Crippen LogP contribution in [-0.4, -0.2) is 16.5 Å². The Bertz CT molecular complexity index is 784. The van der Waals surface area contributed by atoms with Crippen LogP contribution in [0, 0.1) is 0 Å². The Morgan fingerprint density at radius 1 is 1.14 bits per heavy atom. The summed E-state index contributed by atoms with van der Waals surface area (Å²) in [5.74, 6) is 1.31. The van der Waals surface area contributed by atoms with Gasteiger partial charge in [0.15, 0.2) is 6.61 Å². The van der Waals surface area contributed by atoms with Crippen molar-refractivity contribution in [1.29, 1.82) is 0 Å². The molecule has 0 unspecified atom stereocenters. The van der Waals surface area contributed by atoms with Crippen LogP contribution < -0.4 is 4.74 Å². The third-order valence-electron chi connectivity index (χ3n) is 2.91. The van der Waals surface area contributed by atoms with E-state index in [0.717, 1.165) is 11.8 Å². The smallest absolute Gasteiger partial charge is 0.254 e. The maximum atomic E-state index is 10.7. The van der Waals surface area contributed by atoms with E-state index >= 15 is 0 Å². The van der Waals surface area contributed by atoms with Gasteiger partial charge < -0.3 is 9.15 Å². The molecule has 2 aromatic carbocycles. The van der Waals surface area contributed by atoms with Crippen LogP contribution in [0.15, 0.2) is 52.9 Å². The van der Waals surface area contributed by atoms with Crippen molar-refractivity contribution in [1.82, 2.24) is 10.2 Å². The van der Waals surface area contributed by atoms with E-state index in [1.807, 2.05) is 0 Å². The highest BCUT2D eigenvalue weighted by Gasteiger charge is 2.09. The molecule has 0 saturated heterocycles. The standard InChI is InChI=1S/C16H11ClN2O3/c17-13-6-4-12(5-7-13)16-19-18-15(22-16)10-21-14-3-1-2-11(8-14)9-20/h1-9H,10H2. The molecule has 0 spiro atoms. The number of hydrogen-bond donors (Lipinski definition) is 0. The quantitative estimate of drug-likeness (QED) is 0.670. The van der Waals surface area contributed by atoms with Gasteiger partial charge in [-0.05, 0) is 36.4 Å². The average Bonchev–Trinajstić information content (AvgIpc) is 3.03. The molecular formula is C16H11ClN2O3. The number of nitrogens with zero attached hydrogens (tertiary/aromatic N) is 2. The van der Waals surface area contributed by atoms with Crippen molar-refractivity contribution in [3.8, 4) is 17.2 Å². The first-order chi connectivity index (χ1) is 10.7. The predicted molar refractivity (Wildman–Crippen MR) is 80.9 cm³/mol. The van der Waals surface area contributed by atoms with Crippen LogP contribution >= 0.6 is 11.6 Å². The molecule has 0 N–H and O–H groups in total. The summed E-state index contributed by atoms with van der Waals surface area (Å²) in [5.41, 5.74) is 1.33. The van der Waals surface area contributed by atoms with E-state index in [2.05, 4.69) is 10.2 Å². The molecule has 1 aromatic heterocycles. The summed E-state index contributed by atoms with van der Waals surface area (Å²) in [6.07, 6.45) is 0.762. The zero-order valence-electron chi connectivity index (χ0n) is 11.4. The lowest BCUT2D eigenvalue weighted by molar-refractivity contribution is 0.112. The molecular weight excluding hydrogens is 304 g/mol. The number of benzene rings is 2. The van der Waals surface area contributed by atoms with E-state index in [0.29, 0.717) is 28.1 Å². The summed E-state index contributed by atoms with van der Waals surface area (Å²) in [5, 5.41) is 8.54. The molecule has 0 aliphatic carbocycles. The molecule has 0 atom stereocenters. The minimum atomic E-state index is 0.128. The molecule has 0 amide bonds. The highest BCUT2D eigenvalue weighted by molar-refractivity contribution is 6.30. The molecule has 3 rings (SSSR count). The van der Waals surface area contributed by atoms with Gasteiger partial charge >= 0.3 is 0 Å². The number of hydrogen-bond acceptors (Lipinski definition) is 5. The van der Waals surface area contributed by atoms with Gasteiger partial charge in [0.25, 0.3) is 5.89 Å². The molecule has 3 aromatic rings. The van der Waals surface area contributed by atoms with Crippen molar-refractivity contribution in [2.75, 3.05) is 0 Å². The highest BCUT2D eigenvalue weighted by Crippen LogP contribution is 2.21. The second kappa shape index (κ2) is 6.41. The zero-order valence-corrected chi connectivity index (χ0v) is 12.2. The van der Waals surface area contributed by atoms with Crippen molar-refractivity contribution in [3.05, 3.63) is 65.0 Å². The number of halogens is 1. The highest BCUT2D eigenvalue weighted by atomic mass is 35.5. The van der Waals surface area contributed by atoms with Gasteiger partial charge in [-0.2, -0.15) is 0 Å². The van der Waals surface area contributed by atoms with E-state index in [4.69, 9.17) is 20.8 Å². The number of rotatable bonds is 5. The van der Waals surface area contributed by atoms with Gasteiger partial charge in [0, 0.05) is 16.1 Å². The lowest BCUT2D eigenvalue weighted by Gasteiger charge is -2.03. The van der Waals surface area contributed by atoms with Crippen LogP contribution in [0.25, 0.3) is 11.5 Å². The average molecular weight is 315 g/mol. The molecule has 0 fully saturated rings. The first-order valence-electron chi connectivity index (χ1n) is 6.51. The zero-order chi connectivity index (χ0) is 15.4. The Balaban J connectivity index is 1.69. The van der Waals surface area contributed by atoms with E-state index < -0.39 is 0 Å². The predicted octanol–water partition coefficient (Wildman–Crippen LogP) is 3.78. The molecule has 0 bridgehead atoms. The SMILES string of the molecule is O=Cc1cccc(OCc2nnc(-c3ccc(Cl)cc3)o2)c1. The van der Waals surface area contributed by atoms with Crippen molar-refractivity contribution in [3.63, 3.8) is 0 Å². The molecule has 0 aliphatic heterocycles. The summed E-state index contributed by atoms with van der Waals surface area (Å²) >= 11 is 5.84. The van der Waals surface area contributed by atoms with Gasteiger partial charge in [-0.15, -0.1) is 10.2 Å². The van der Waals surface area contributed by atoms with Crippen molar-refractivity contribution in [2.24, 2.45) is 0 Å². The number of carbonyl (C=O) groups excluding carboxylic acids is 1. The number of carbonyl (C=O) groups is 1. The van der Waals surface area contributed by atoms with Gasteiger partial charge in [-0.1, -0.05) is 23.7 Å². The number of aldehydes is 1. The molecule has 0 aliphatic rings. The Kier molecular flexibility index (Phi) is 4.16. The van der Waals surface area contributed by atoms with E-state index in [-0.39, 0.29) is 6.61 Å². The monoisotopic (exact) mass is 314 g/mol. The molecule has 110 valence electrons. The molecule has 1 heterocycles. The fourth-order valence-corrected chi connectivity index (χ4v) is 1.97. The molecule has 5 nitrogen and oxygen atoms in total. The van der Waals surface area contributed by atoms with E-state index in [1.165, 1.54) is 0 Å². The van der Waals surface area contributed by atoms with Crippen LogP contribution in [0.1, 0.15) is 16.2 Å². The summed E-state index contributed by atoms with van der Waals surface area (Å²) < 4.78 is 11.1. The van der Waals surface area contributed by atoms with Crippen LogP contribution in [-0.2, 0) is 6.61 Å². The van der Waals surface area contributed by atoms with Crippen molar-refractivity contribution in [2.45, 2.75) is 6.61 Å². The molecule has 0 saturated carbocycles. The van der Waals surface area contributed by atoms with Crippen molar-refractivity contribution < 1.29 is 13.9 Å². The fraction of sp³-hybridized carbons (Fsp3) is 0.0625. The van der Waals surface area contributed by atoms with Gasteiger partial charge in [0.05, 0.1) is 0 Å². The lowest BCUT2D eigenvalue weighted by atomic mass is 10.2. The van der Waals surface area contributed by atoms with Crippen LogP contribution in [0.2, 0.25) is 5.02 Å². The first kappa shape index (κ1) is 14.3. The van der Waals surface area contributed by atoms with Crippen LogP contribution in [0.5, 0.6) is 5.75 Å². The normalized spacial score (nSPS) is 10.4. The second-order valence-electron chi connectivity index (χ2n) is 4.49. The maximum Gasteiger partial charge on any atom is 0.254 e. The van der Waals surface area contributed by atoms with Gasteiger partial charge in [-0.3, -0.25) is 4.79 Å². The third kappa shape index (κ3) is 3.32. The van der Waals surface area contributed by atoms with Crippen LogP contribution in [0.4, 0.5) is 0 Å². The minimum absolute atomic E-state index is 0.128. The number of ether oxygens (including phenoxy) is 1. The van der Waals surface area contributed by atoms with Crippen LogP contribution in [0.3, 0.4) is 0 Å². The Morgan fingerprint density at radius 3 is 2.73 bits per heavy atom. The molecule has 6 heteroatoms. The second-order valence-corrected chi connectivity index (χ2v) is 4.92. The Labute approximate surface area is 131 Å². The van der Waals surface area contributed by atoms with Crippen molar-refractivity contribution >= 4 is 17.9 Å². The van der Waals surface area contributed by atoms with E-state index in [9.17, 15) is 4.79 Å². The first-order valence-corrected chi connectivity index (χ1v) is 6.89. The summed E-state index contributed by atoms with van der Waals surface area (Å²) in [6, 6.07) is 13.9. The minimum Gasteiger partial charge on any atom is -0.484 e.